The number of hydrogen-bond acceptors (Lipinski definition) is 3. The third-order valence-electron chi connectivity index (χ3n) is 4.76. The van der Waals surface area contributed by atoms with E-state index in [4.69, 9.17) is 17.3 Å². The molecule has 0 saturated heterocycles. The lowest BCUT2D eigenvalue weighted by Gasteiger charge is -2.27. The van der Waals surface area contributed by atoms with Gasteiger partial charge in [-0.15, -0.1) is 0 Å². The van der Waals surface area contributed by atoms with Crippen molar-refractivity contribution in [2.24, 2.45) is 5.73 Å². The average Bonchev–Trinajstić information content (AvgIpc) is 3.39. The molecule has 1 atom stereocenters. The van der Waals surface area contributed by atoms with Gasteiger partial charge in [-0.05, 0) is 48.6 Å². The summed E-state index contributed by atoms with van der Waals surface area (Å²) in [7, 11) is 0. The number of carbonyl (C=O) groups excluding carboxylic acids is 1. The van der Waals surface area contributed by atoms with Gasteiger partial charge in [0.25, 0.3) is 0 Å². The highest BCUT2D eigenvalue weighted by molar-refractivity contribution is 7.59. The largest absolute Gasteiger partial charge is 0.339 e. The van der Waals surface area contributed by atoms with E-state index in [-0.39, 0.29) is 19.3 Å². The summed E-state index contributed by atoms with van der Waals surface area (Å²) in [4.78, 5) is 14.4. The Morgan fingerprint density at radius 1 is 1.12 bits per heavy atom. The first-order valence-electron chi connectivity index (χ1n) is 8.06. The van der Waals surface area contributed by atoms with E-state index in [2.05, 4.69) is 29.2 Å². The van der Waals surface area contributed by atoms with Crippen LogP contribution >= 0.6 is 25.1 Å². The van der Waals surface area contributed by atoms with Crippen molar-refractivity contribution >= 4 is 42.3 Å². The molecule has 0 radical (unpaired) electrons. The summed E-state index contributed by atoms with van der Waals surface area (Å²) in [6.45, 7) is 0.486. The first-order valence-corrected chi connectivity index (χ1v) is 8.44. The molecular weight excluding hydrogens is 340 g/mol. The number of rotatable bonds is 2. The van der Waals surface area contributed by atoms with E-state index >= 15 is 0 Å². The number of nitrogens with zero attached hydrogens (tertiary/aromatic N) is 1. The van der Waals surface area contributed by atoms with Crippen LogP contribution in [-0.4, -0.2) is 18.4 Å². The van der Waals surface area contributed by atoms with Crippen LogP contribution in [0.3, 0.4) is 0 Å². The monoisotopic (exact) mass is 360 g/mol. The molecule has 5 heteroatoms. The molecule has 3 nitrogen and oxygen atoms in total. The predicted octanol–water partition coefficient (Wildman–Crippen LogP) is 3.92. The minimum Gasteiger partial charge on any atom is -0.339 e. The van der Waals surface area contributed by atoms with E-state index < -0.39 is 6.04 Å². The number of benzene rings is 2. The number of ketones is 1. The van der Waals surface area contributed by atoms with Crippen molar-refractivity contribution in [3.05, 3.63) is 58.6 Å². The molecule has 24 heavy (non-hydrogen) atoms. The van der Waals surface area contributed by atoms with Gasteiger partial charge in [0.05, 0.1) is 6.04 Å². The first-order chi connectivity index (χ1) is 11.1. The summed E-state index contributed by atoms with van der Waals surface area (Å²) in [5.74, 6) is 0.733. The van der Waals surface area contributed by atoms with Gasteiger partial charge in [-0.3, -0.25) is 4.79 Å². The van der Waals surface area contributed by atoms with Gasteiger partial charge in [-0.1, -0.05) is 29.8 Å². The van der Waals surface area contributed by atoms with Crippen LogP contribution in [0.25, 0.3) is 0 Å². The van der Waals surface area contributed by atoms with E-state index in [0.29, 0.717) is 23.9 Å². The Morgan fingerprint density at radius 2 is 1.88 bits per heavy atom. The molecule has 2 aliphatic rings. The Balaban J connectivity index is 0.00000169. The fourth-order valence-corrected chi connectivity index (χ4v) is 3.52. The molecule has 0 aromatic heterocycles. The molecule has 126 valence electrons. The summed E-state index contributed by atoms with van der Waals surface area (Å²) < 4.78 is 0. The van der Waals surface area contributed by atoms with Crippen LogP contribution in [0.4, 0.5) is 11.4 Å². The minimum atomic E-state index is -0.497. The zero-order chi connectivity index (χ0) is 16.0. The molecule has 1 heterocycles. The number of fused-ring (bicyclic) bond motifs is 1. The lowest BCUT2D eigenvalue weighted by atomic mass is 10.1. The van der Waals surface area contributed by atoms with Crippen LogP contribution < -0.4 is 10.6 Å². The maximum Gasteiger partial charge on any atom is 0.155 e. The van der Waals surface area contributed by atoms with Crippen LogP contribution in [-0.2, 0) is 11.2 Å². The molecule has 1 aliphatic carbocycles. The number of Topliss-reactive ketones (excluding diaryl/α,β-unsaturated/α-hetero) is 1. The Morgan fingerprint density at radius 3 is 2.62 bits per heavy atom. The van der Waals surface area contributed by atoms with Crippen molar-refractivity contribution in [2.75, 3.05) is 11.4 Å². The Hall–Kier alpha value is -1.49. The topological polar surface area (TPSA) is 46.3 Å². The van der Waals surface area contributed by atoms with E-state index in [1.807, 2.05) is 18.2 Å². The molecule has 0 amide bonds. The summed E-state index contributed by atoms with van der Waals surface area (Å²) >= 11 is 6.35. The lowest BCUT2D eigenvalue weighted by molar-refractivity contribution is -0.119. The summed E-state index contributed by atoms with van der Waals surface area (Å²) in [6.07, 6.45) is 2.84. The Labute approximate surface area is 154 Å². The summed E-state index contributed by atoms with van der Waals surface area (Å²) in [6, 6.07) is 13.9. The van der Waals surface area contributed by atoms with Crippen molar-refractivity contribution in [2.45, 2.75) is 31.2 Å². The zero-order valence-electron chi connectivity index (χ0n) is 13.3. The predicted molar refractivity (Wildman–Crippen MR) is 104 cm³/mol. The van der Waals surface area contributed by atoms with Crippen molar-refractivity contribution in [1.82, 2.24) is 0 Å². The fraction of sp³-hybridized carbons (Fsp3) is 0.316. The molecule has 2 aromatic rings. The van der Waals surface area contributed by atoms with Gasteiger partial charge in [0.2, 0.25) is 0 Å². The highest BCUT2D eigenvalue weighted by atomic mass is 35.5. The number of anilines is 2. The van der Waals surface area contributed by atoms with Crippen molar-refractivity contribution in [3.8, 4) is 0 Å². The number of carbonyl (C=O) groups is 1. The van der Waals surface area contributed by atoms with Gasteiger partial charge < -0.3 is 10.6 Å². The fourth-order valence-electron chi connectivity index (χ4n) is 3.29. The number of hydrogen-bond donors (Lipinski definition) is 1. The second-order valence-corrected chi connectivity index (χ2v) is 6.87. The molecule has 2 N–H and O–H groups in total. The molecule has 4 rings (SSSR count). The molecule has 1 saturated carbocycles. The van der Waals surface area contributed by atoms with Crippen molar-refractivity contribution in [3.63, 3.8) is 0 Å². The van der Waals surface area contributed by atoms with Crippen molar-refractivity contribution < 1.29 is 4.79 Å². The van der Waals surface area contributed by atoms with Gasteiger partial charge >= 0.3 is 0 Å². The molecule has 2 aromatic carbocycles. The third kappa shape index (κ3) is 3.18. The minimum absolute atomic E-state index is 0. The Bertz CT molecular complexity index is 776. The number of nitrogens with two attached hydrogens (primary N) is 1. The van der Waals surface area contributed by atoms with E-state index in [1.165, 1.54) is 18.4 Å². The summed E-state index contributed by atoms with van der Waals surface area (Å²) in [5.41, 5.74) is 10.4. The smallest absolute Gasteiger partial charge is 0.155 e. The third-order valence-corrected chi connectivity index (χ3v) is 5.11. The van der Waals surface area contributed by atoms with Gasteiger partial charge in [-0.2, -0.15) is 13.5 Å². The van der Waals surface area contributed by atoms with Gasteiger partial charge in [0, 0.05) is 34.9 Å². The number of halogens is 1. The molecule has 1 aliphatic heterocycles. The zero-order valence-corrected chi connectivity index (χ0v) is 15.1. The average molecular weight is 361 g/mol. The van der Waals surface area contributed by atoms with E-state index in [9.17, 15) is 4.79 Å². The highest BCUT2D eigenvalue weighted by Crippen LogP contribution is 2.42. The quantitative estimate of drug-likeness (QED) is 0.882. The van der Waals surface area contributed by atoms with Crippen LogP contribution in [0.2, 0.25) is 5.02 Å². The van der Waals surface area contributed by atoms with Gasteiger partial charge in [-0.25, -0.2) is 0 Å². The molecular formula is C19H21ClN2OS. The summed E-state index contributed by atoms with van der Waals surface area (Å²) in [5, 5.41) is 0.633. The highest BCUT2D eigenvalue weighted by Gasteiger charge is 2.29. The maximum atomic E-state index is 12.3. The lowest BCUT2D eigenvalue weighted by Crippen LogP contribution is -2.39. The van der Waals surface area contributed by atoms with Crippen molar-refractivity contribution in [1.29, 1.82) is 0 Å². The van der Waals surface area contributed by atoms with E-state index in [0.717, 1.165) is 16.9 Å². The first kappa shape index (κ1) is 17.3. The second-order valence-electron chi connectivity index (χ2n) is 6.47. The van der Waals surface area contributed by atoms with Gasteiger partial charge in [0.1, 0.15) is 0 Å². The van der Waals surface area contributed by atoms with E-state index in [1.54, 1.807) is 0 Å². The molecule has 1 fully saturated rings. The molecule has 0 unspecified atom stereocenters. The van der Waals surface area contributed by atoms with Crippen LogP contribution in [0.1, 0.15) is 29.9 Å². The Kier molecular flexibility index (Phi) is 4.90. The normalized spacial score (nSPS) is 20.2. The van der Waals surface area contributed by atoms with Crippen LogP contribution in [0.5, 0.6) is 0 Å². The van der Waals surface area contributed by atoms with Crippen LogP contribution in [0, 0.1) is 0 Å². The van der Waals surface area contributed by atoms with Gasteiger partial charge in [0.15, 0.2) is 5.78 Å². The van der Waals surface area contributed by atoms with Crippen LogP contribution in [0.15, 0.2) is 42.5 Å². The SMILES string of the molecule is N[C@H]1CN(c2cccc(C3CC3)c2)c2cccc(Cl)c2CC1=O.S. The maximum absolute atomic E-state index is 12.3. The molecule has 0 bridgehead atoms. The molecule has 0 spiro atoms. The standard InChI is InChI=1S/C19H19ClN2O.H2S/c20-16-5-2-6-18-15(16)10-19(23)17(21)11-22(18)14-4-1-3-13(9-14)12-7-8-12;/h1-6,9,12,17H,7-8,10-11,21H2;1H2/t17-;/m0./s1. The second kappa shape index (κ2) is 6.79.